The van der Waals surface area contributed by atoms with Crippen molar-refractivity contribution in [3.63, 3.8) is 0 Å². The summed E-state index contributed by atoms with van der Waals surface area (Å²) in [5.41, 5.74) is 3.66. The van der Waals surface area contributed by atoms with Crippen molar-refractivity contribution in [2.45, 2.75) is 84.3 Å². The van der Waals surface area contributed by atoms with E-state index >= 15 is 0 Å². The van der Waals surface area contributed by atoms with Gasteiger partial charge in [-0.1, -0.05) is 105 Å². The molecule has 39 heavy (non-hydrogen) atoms. The molecule has 0 aromatic heterocycles. The van der Waals surface area contributed by atoms with Gasteiger partial charge in [0.25, 0.3) is 0 Å². The van der Waals surface area contributed by atoms with Gasteiger partial charge in [0.2, 0.25) is 11.8 Å². The maximum absolute atomic E-state index is 13.9. The summed E-state index contributed by atoms with van der Waals surface area (Å²) >= 11 is 12.7. The Morgan fingerprint density at radius 2 is 1.49 bits per heavy atom. The maximum Gasteiger partial charge on any atom is 0.243 e. The second kappa shape index (κ2) is 13.0. The quantitative estimate of drug-likeness (QED) is 0.287. The molecular weight excluding hydrogens is 527 g/mol. The van der Waals surface area contributed by atoms with Crippen LogP contribution in [0, 0.1) is 0 Å². The summed E-state index contributed by atoms with van der Waals surface area (Å²) in [6.45, 7) is 12.6. The van der Waals surface area contributed by atoms with Crippen molar-refractivity contribution in [1.82, 2.24) is 10.2 Å². The number of benzene rings is 3. The molecule has 2 amide bonds. The molecule has 4 nitrogen and oxygen atoms in total. The van der Waals surface area contributed by atoms with Crippen LogP contribution in [-0.2, 0) is 34.4 Å². The fraction of sp³-hybridized carbons (Fsp3) is 0.394. The molecule has 0 heterocycles. The van der Waals surface area contributed by atoms with Gasteiger partial charge in [-0.2, -0.15) is 0 Å². The van der Waals surface area contributed by atoms with Gasteiger partial charge in [0.15, 0.2) is 0 Å². The zero-order valence-corrected chi connectivity index (χ0v) is 25.4. The topological polar surface area (TPSA) is 49.4 Å². The lowest BCUT2D eigenvalue weighted by molar-refractivity contribution is -0.141. The lowest BCUT2D eigenvalue weighted by Crippen LogP contribution is -2.54. The monoisotopic (exact) mass is 566 g/mol. The van der Waals surface area contributed by atoms with Gasteiger partial charge in [-0.15, -0.1) is 0 Å². The van der Waals surface area contributed by atoms with Gasteiger partial charge < -0.3 is 10.2 Å². The average Bonchev–Trinajstić information content (AvgIpc) is 2.85. The summed E-state index contributed by atoms with van der Waals surface area (Å²) < 4.78 is 0. The van der Waals surface area contributed by atoms with E-state index in [2.05, 4.69) is 50.4 Å². The van der Waals surface area contributed by atoms with E-state index in [1.54, 1.807) is 17.0 Å². The van der Waals surface area contributed by atoms with E-state index < -0.39 is 11.6 Å². The molecule has 0 saturated heterocycles. The SMILES string of the molecule is CC(C)(C)NC(=O)C(Cc1ccccc1)N(Cc1ccc(Cl)cc1Cl)C(=O)CCc1ccc(C(C)(C)C)cc1. The Labute approximate surface area is 243 Å². The number of hydrogen-bond acceptors (Lipinski definition) is 2. The Hall–Kier alpha value is -2.82. The molecule has 3 rings (SSSR count). The van der Waals surface area contributed by atoms with Crippen LogP contribution >= 0.6 is 23.2 Å². The van der Waals surface area contributed by atoms with Crippen LogP contribution in [0.15, 0.2) is 72.8 Å². The molecule has 1 N–H and O–H groups in total. The van der Waals surface area contributed by atoms with E-state index in [-0.39, 0.29) is 30.2 Å². The van der Waals surface area contributed by atoms with Gasteiger partial charge in [0.1, 0.15) is 6.04 Å². The van der Waals surface area contributed by atoms with Crippen molar-refractivity contribution in [2.75, 3.05) is 0 Å². The number of aryl methyl sites for hydroxylation is 1. The summed E-state index contributed by atoms with van der Waals surface area (Å²) in [4.78, 5) is 29.3. The minimum Gasteiger partial charge on any atom is -0.350 e. The Morgan fingerprint density at radius 1 is 0.846 bits per heavy atom. The zero-order valence-electron chi connectivity index (χ0n) is 23.9. The Bertz CT molecular complexity index is 1260. The predicted molar refractivity (Wildman–Crippen MR) is 162 cm³/mol. The van der Waals surface area contributed by atoms with Crippen molar-refractivity contribution in [3.05, 3.63) is 105 Å². The highest BCUT2D eigenvalue weighted by atomic mass is 35.5. The summed E-state index contributed by atoms with van der Waals surface area (Å²) in [6.07, 6.45) is 1.24. The first-order valence-electron chi connectivity index (χ1n) is 13.4. The fourth-order valence-electron chi connectivity index (χ4n) is 4.41. The molecule has 6 heteroatoms. The summed E-state index contributed by atoms with van der Waals surface area (Å²) in [5.74, 6) is -0.301. The van der Waals surface area contributed by atoms with Crippen LogP contribution in [0.2, 0.25) is 10.0 Å². The van der Waals surface area contributed by atoms with Crippen molar-refractivity contribution >= 4 is 35.0 Å². The van der Waals surface area contributed by atoms with Crippen LogP contribution in [0.4, 0.5) is 0 Å². The van der Waals surface area contributed by atoms with Gasteiger partial charge in [0, 0.05) is 35.0 Å². The molecule has 0 aliphatic rings. The molecule has 0 spiro atoms. The van der Waals surface area contributed by atoms with Crippen LogP contribution in [0.5, 0.6) is 0 Å². The first kappa shape index (κ1) is 30.7. The first-order valence-corrected chi connectivity index (χ1v) is 14.2. The number of nitrogens with one attached hydrogen (secondary N) is 1. The second-order valence-corrected chi connectivity index (χ2v) is 13.0. The fourth-order valence-corrected chi connectivity index (χ4v) is 4.87. The van der Waals surface area contributed by atoms with E-state index in [1.807, 2.05) is 57.2 Å². The van der Waals surface area contributed by atoms with Crippen LogP contribution < -0.4 is 5.32 Å². The number of halogens is 2. The molecule has 0 radical (unpaired) electrons. The van der Waals surface area contributed by atoms with Crippen LogP contribution in [0.1, 0.15) is 70.2 Å². The van der Waals surface area contributed by atoms with Crippen molar-refractivity contribution in [2.24, 2.45) is 0 Å². The van der Waals surface area contributed by atoms with E-state index in [0.29, 0.717) is 22.9 Å². The van der Waals surface area contributed by atoms with Gasteiger partial charge in [-0.05, 0) is 67.0 Å². The summed E-state index contributed by atoms with van der Waals surface area (Å²) in [7, 11) is 0. The number of hydrogen-bond donors (Lipinski definition) is 1. The normalized spacial score (nSPS) is 12.6. The molecule has 208 valence electrons. The molecule has 0 aliphatic carbocycles. The van der Waals surface area contributed by atoms with E-state index in [0.717, 1.165) is 16.7 Å². The minimum absolute atomic E-state index is 0.0636. The summed E-state index contributed by atoms with van der Waals surface area (Å²) in [5, 5.41) is 4.08. The van der Waals surface area contributed by atoms with Crippen molar-refractivity contribution in [1.29, 1.82) is 0 Å². The van der Waals surface area contributed by atoms with Crippen LogP contribution in [0.3, 0.4) is 0 Å². The predicted octanol–water partition coefficient (Wildman–Crippen LogP) is 7.78. The lowest BCUT2D eigenvalue weighted by Gasteiger charge is -2.34. The molecule has 1 unspecified atom stereocenters. The highest BCUT2D eigenvalue weighted by Crippen LogP contribution is 2.26. The molecule has 0 aliphatic heterocycles. The third-order valence-electron chi connectivity index (χ3n) is 6.57. The van der Waals surface area contributed by atoms with Crippen LogP contribution in [0.25, 0.3) is 0 Å². The Balaban J connectivity index is 1.93. The highest BCUT2D eigenvalue weighted by Gasteiger charge is 2.32. The van der Waals surface area contributed by atoms with E-state index in [4.69, 9.17) is 23.2 Å². The number of carbonyl (C=O) groups excluding carboxylic acids is 2. The second-order valence-electron chi connectivity index (χ2n) is 12.1. The molecule has 0 bridgehead atoms. The Morgan fingerprint density at radius 3 is 2.05 bits per heavy atom. The number of amides is 2. The van der Waals surface area contributed by atoms with E-state index in [9.17, 15) is 9.59 Å². The van der Waals surface area contributed by atoms with Crippen molar-refractivity contribution < 1.29 is 9.59 Å². The third kappa shape index (κ3) is 9.40. The Kier molecular flexibility index (Phi) is 10.3. The van der Waals surface area contributed by atoms with Crippen LogP contribution in [-0.4, -0.2) is 28.3 Å². The van der Waals surface area contributed by atoms with Gasteiger partial charge in [0.05, 0.1) is 0 Å². The smallest absolute Gasteiger partial charge is 0.243 e. The zero-order chi connectivity index (χ0) is 28.8. The van der Waals surface area contributed by atoms with Gasteiger partial charge in [-0.3, -0.25) is 9.59 Å². The van der Waals surface area contributed by atoms with Gasteiger partial charge in [-0.25, -0.2) is 0 Å². The molecular formula is C33H40Cl2N2O2. The lowest BCUT2D eigenvalue weighted by atomic mass is 9.86. The molecule has 3 aromatic carbocycles. The highest BCUT2D eigenvalue weighted by molar-refractivity contribution is 6.35. The molecule has 0 fully saturated rings. The van der Waals surface area contributed by atoms with E-state index in [1.165, 1.54) is 5.56 Å². The molecule has 0 saturated carbocycles. The number of nitrogens with zero attached hydrogens (tertiary/aromatic N) is 1. The molecule has 1 atom stereocenters. The number of carbonyl (C=O) groups is 2. The first-order chi connectivity index (χ1) is 18.2. The van der Waals surface area contributed by atoms with Crippen molar-refractivity contribution in [3.8, 4) is 0 Å². The average molecular weight is 568 g/mol. The van der Waals surface area contributed by atoms with Gasteiger partial charge >= 0.3 is 0 Å². The summed E-state index contributed by atoms with van der Waals surface area (Å²) in [6, 6.07) is 22.7. The minimum atomic E-state index is -0.714. The third-order valence-corrected chi connectivity index (χ3v) is 7.16. The molecule has 3 aromatic rings. The maximum atomic E-state index is 13.9. The largest absolute Gasteiger partial charge is 0.350 e. The standard InChI is InChI=1S/C33H40Cl2N2O2/c1-32(2,3)26-16-12-23(13-17-26)14-19-30(38)37(22-25-15-18-27(34)21-28(25)35)29(31(39)36-33(4,5)6)20-24-10-8-7-9-11-24/h7-13,15-18,21,29H,14,19-20,22H2,1-6H3,(H,36,39). The number of rotatable bonds is 9.